The maximum atomic E-state index is 12.0. The van der Waals surface area contributed by atoms with Gasteiger partial charge in [-0.3, -0.25) is 4.79 Å². The minimum atomic E-state index is -4.18. The van der Waals surface area contributed by atoms with Crippen molar-refractivity contribution in [3.8, 4) is 0 Å². The van der Waals surface area contributed by atoms with E-state index in [1.807, 2.05) is 13.0 Å². The molecule has 222 valence electrons. The lowest BCUT2D eigenvalue weighted by atomic mass is 9.82. The van der Waals surface area contributed by atoms with Crippen LogP contribution in [0.4, 0.5) is 18.9 Å². The van der Waals surface area contributed by atoms with E-state index in [1.54, 1.807) is 6.08 Å². The molecule has 2 atom stereocenters. The molecule has 1 spiro atoms. The van der Waals surface area contributed by atoms with Crippen molar-refractivity contribution in [2.24, 2.45) is 11.3 Å². The predicted octanol–water partition coefficient (Wildman–Crippen LogP) is 10.1. The number of allylic oxidation sites excluding steroid dienone is 7. The summed E-state index contributed by atoms with van der Waals surface area (Å²) < 4.78 is 36.0. The number of unbranched alkanes of at least 4 members (excludes halogenated alkanes) is 2. The maximum Gasteiger partial charge on any atom is 0.412 e. The van der Waals surface area contributed by atoms with Gasteiger partial charge in [-0.25, -0.2) is 0 Å². The molecule has 3 nitrogen and oxygen atoms in total. The largest absolute Gasteiger partial charge is 0.481 e. The van der Waals surface area contributed by atoms with E-state index in [2.05, 4.69) is 63.6 Å². The van der Waals surface area contributed by atoms with Crippen LogP contribution in [0.25, 0.3) is 5.57 Å². The minimum Gasteiger partial charge on any atom is -0.481 e. The topological polar surface area (TPSA) is 40.5 Å². The van der Waals surface area contributed by atoms with Gasteiger partial charge in [0, 0.05) is 35.8 Å². The van der Waals surface area contributed by atoms with E-state index in [0.29, 0.717) is 18.8 Å². The Kier molecular flexibility index (Phi) is 12.3. The molecule has 0 heterocycles. The average molecular weight is 560 g/mol. The first-order valence-corrected chi connectivity index (χ1v) is 14.6. The number of nitrogens with zero attached hydrogens (tertiary/aromatic N) is 1. The van der Waals surface area contributed by atoms with Gasteiger partial charge in [0.25, 0.3) is 0 Å². The number of halogens is 3. The van der Waals surface area contributed by atoms with Gasteiger partial charge in [0.15, 0.2) is 0 Å². The van der Waals surface area contributed by atoms with Gasteiger partial charge in [-0.05, 0) is 88.0 Å². The van der Waals surface area contributed by atoms with Gasteiger partial charge in [-0.2, -0.15) is 13.2 Å². The molecule has 1 N–H and O–H groups in total. The zero-order valence-corrected chi connectivity index (χ0v) is 25.2. The van der Waals surface area contributed by atoms with Gasteiger partial charge in [-0.15, -0.1) is 0 Å². The molecule has 1 saturated carbocycles. The predicted molar refractivity (Wildman–Crippen MR) is 162 cm³/mol. The zero-order valence-electron chi connectivity index (χ0n) is 25.2. The highest BCUT2D eigenvalue weighted by Crippen LogP contribution is 2.61. The number of hydrogen-bond donors (Lipinski definition) is 1. The van der Waals surface area contributed by atoms with Crippen LogP contribution in [0, 0.1) is 11.3 Å². The van der Waals surface area contributed by atoms with Gasteiger partial charge in [0.1, 0.15) is 0 Å². The first-order valence-electron chi connectivity index (χ1n) is 14.6. The molecule has 2 aliphatic carbocycles. The number of rotatable bonds is 11. The molecule has 0 amide bonds. The third-order valence-corrected chi connectivity index (χ3v) is 8.11. The van der Waals surface area contributed by atoms with Crippen LogP contribution in [0.2, 0.25) is 0 Å². The van der Waals surface area contributed by atoms with E-state index in [-0.39, 0.29) is 11.3 Å². The van der Waals surface area contributed by atoms with Gasteiger partial charge in [0.05, 0.1) is 5.92 Å². The average Bonchev–Trinajstić information content (AvgIpc) is 3.61. The molecule has 0 bridgehead atoms. The highest BCUT2D eigenvalue weighted by molar-refractivity contribution is 5.82. The molecule has 1 aromatic carbocycles. The summed E-state index contributed by atoms with van der Waals surface area (Å²) in [6.45, 7) is 14.3. The van der Waals surface area contributed by atoms with E-state index in [9.17, 15) is 23.1 Å². The lowest BCUT2D eigenvalue weighted by Gasteiger charge is -2.28. The number of aliphatic carboxylic acids is 1. The Morgan fingerprint density at radius 1 is 1.23 bits per heavy atom. The molecule has 1 aromatic rings. The van der Waals surface area contributed by atoms with E-state index < -0.39 is 17.7 Å². The van der Waals surface area contributed by atoms with Crippen LogP contribution in [0.3, 0.4) is 0 Å². The molecule has 0 radical (unpaired) electrons. The number of alkyl halides is 3. The number of hydrogen-bond acceptors (Lipinski definition) is 2. The zero-order chi connectivity index (χ0) is 30.1. The van der Waals surface area contributed by atoms with Crippen LogP contribution in [-0.4, -0.2) is 30.8 Å². The van der Waals surface area contributed by atoms with E-state index >= 15 is 0 Å². The summed E-state index contributed by atoms with van der Waals surface area (Å²) in [6.07, 6.45) is 10.3. The van der Waals surface area contributed by atoms with Crippen molar-refractivity contribution in [1.29, 1.82) is 0 Å². The number of carboxylic acid groups (broad SMARTS) is 1. The van der Waals surface area contributed by atoms with Gasteiger partial charge in [0.2, 0.25) is 0 Å². The summed E-state index contributed by atoms with van der Waals surface area (Å²) in [5.41, 5.74) is 5.72. The van der Waals surface area contributed by atoms with Crippen molar-refractivity contribution in [3.05, 3.63) is 71.4 Å². The van der Waals surface area contributed by atoms with Crippen LogP contribution in [0.5, 0.6) is 0 Å². The number of anilines is 1. The highest BCUT2D eigenvalue weighted by Gasteiger charge is 2.57. The Labute approximate surface area is 239 Å². The summed E-state index contributed by atoms with van der Waals surface area (Å²) in [7, 11) is 2.18. The van der Waals surface area contributed by atoms with Crippen LogP contribution in [-0.2, 0) is 4.79 Å². The quantitative estimate of drug-likeness (QED) is 0.167. The second-order valence-corrected chi connectivity index (χ2v) is 11.7. The Bertz CT molecular complexity index is 1110. The third-order valence-electron chi connectivity index (χ3n) is 8.11. The van der Waals surface area contributed by atoms with E-state index in [1.165, 1.54) is 41.3 Å². The van der Waals surface area contributed by atoms with Crippen molar-refractivity contribution in [3.63, 3.8) is 0 Å². The summed E-state index contributed by atoms with van der Waals surface area (Å²) in [4.78, 5) is 13.8. The van der Waals surface area contributed by atoms with Crippen LogP contribution >= 0.6 is 0 Å². The molecule has 1 fully saturated rings. The number of carbonyl (C=O) groups is 1. The Morgan fingerprint density at radius 3 is 2.45 bits per heavy atom. The monoisotopic (exact) mass is 559 g/mol. The molecular formula is C34H48F3NO2. The Balaban J connectivity index is 0.000000342. The van der Waals surface area contributed by atoms with Crippen molar-refractivity contribution in [1.82, 2.24) is 0 Å². The third kappa shape index (κ3) is 9.42. The molecule has 0 saturated heterocycles. The van der Waals surface area contributed by atoms with Crippen molar-refractivity contribution in [2.45, 2.75) is 98.1 Å². The fourth-order valence-corrected chi connectivity index (χ4v) is 5.23. The molecule has 3 rings (SSSR count). The summed E-state index contributed by atoms with van der Waals surface area (Å²) in [6, 6.07) is 6.87. The molecule has 2 aliphatic rings. The first kappa shape index (κ1) is 33.4. The lowest BCUT2D eigenvalue weighted by Crippen LogP contribution is -2.20. The summed E-state index contributed by atoms with van der Waals surface area (Å²) in [5.74, 6) is -0.305. The van der Waals surface area contributed by atoms with Gasteiger partial charge < -0.3 is 10.0 Å². The summed E-state index contributed by atoms with van der Waals surface area (Å²) in [5, 5.41) is 9.45. The van der Waals surface area contributed by atoms with Crippen LogP contribution in [0.15, 0.2) is 60.2 Å². The SMILES string of the molecule is C=C/C(C)=C\CC/C=C(\C)C(F)(F)F.CCCCN(C)c1ccc(C(C)C)cc1C1=CC2(CCC1)CC2C(=O)O. The number of benzene rings is 1. The summed E-state index contributed by atoms with van der Waals surface area (Å²) >= 11 is 0. The maximum absolute atomic E-state index is 12.0. The Morgan fingerprint density at radius 2 is 1.90 bits per heavy atom. The molecule has 2 unspecified atom stereocenters. The smallest absolute Gasteiger partial charge is 0.412 e. The Hall–Kier alpha value is -2.76. The van der Waals surface area contributed by atoms with Crippen molar-refractivity contribution >= 4 is 17.2 Å². The lowest BCUT2D eigenvalue weighted by molar-refractivity contribution is -0.139. The molecule has 40 heavy (non-hydrogen) atoms. The normalized spacial score (nSPS) is 21.1. The highest BCUT2D eigenvalue weighted by atomic mass is 19.4. The molecular weight excluding hydrogens is 511 g/mol. The van der Waals surface area contributed by atoms with E-state index in [4.69, 9.17) is 0 Å². The standard InChI is InChI=1S/C23H33NO2.C11H15F3/c1-5-6-12-24(4)21-10-9-17(16(2)3)13-19(21)18-8-7-11-23(14-18)15-20(23)22(25)26;1-4-9(2)7-5-6-8-10(3)11(12,13)14/h9-10,13-14,16,20H,5-8,11-12,15H2,1-4H3,(H,25,26);4,7-8H,1,5-6H2,2-3H3/b;9-7-,10-8+. The molecule has 0 aliphatic heterocycles. The fourth-order valence-electron chi connectivity index (χ4n) is 5.23. The van der Waals surface area contributed by atoms with Gasteiger partial charge in [-0.1, -0.05) is 69.7 Å². The van der Waals surface area contributed by atoms with E-state index in [0.717, 1.165) is 44.7 Å². The second kappa shape index (κ2) is 14.7. The molecule has 6 heteroatoms. The van der Waals surface area contributed by atoms with Crippen LogP contribution in [0.1, 0.15) is 103 Å². The van der Waals surface area contributed by atoms with Crippen LogP contribution < -0.4 is 4.90 Å². The second-order valence-electron chi connectivity index (χ2n) is 11.7. The first-order chi connectivity index (χ1) is 18.8. The van der Waals surface area contributed by atoms with Gasteiger partial charge >= 0.3 is 12.1 Å². The number of carboxylic acids is 1. The minimum absolute atomic E-state index is 0.0769. The van der Waals surface area contributed by atoms with Crippen molar-refractivity contribution in [2.75, 3.05) is 18.5 Å². The molecule has 0 aromatic heterocycles. The fraction of sp³-hybridized carbons (Fsp3) is 0.559. The van der Waals surface area contributed by atoms with Crippen molar-refractivity contribution < 1.29 is 23.1 Å².